The lowest BCUT2D eigenvalue weighted by Gasteiger charge is -2.02. The quantitative estimate of drug-likeness (QED) is 0.792. The van der Waals surface area contributed by atoms with Gasteiger partial charge in [-0.2, -0.15) is 5.10 Å². The van der Waals surface area contributed by atoms with Crippen molar-refractivity contribution in [1.29, 1.82) is 0 Å². The first-order chi connectivity index (χ1) is 12.1. The van der Waals surface area contributed by atoms with Crippen LogP contribution in [-0.4, -0.2) is 20.8 Å². The lowest BCUT2D eigenvalue weighted by Crippen LogP contribution is -2.23. The van der Waals surface area contributed by atoms with E-state index in [1.165, 1.54) is 36.7 Å². The van der Waals surface area contributed by atoms with Crippen LogP contribution >= 0.6 is 0 Å². The molecule has 3 aromatic rings. The molecule has 7 nitrogen and oxygen atoms in total. The van der Waals surface area contributed by atoms with Crippen LogP contribution in [0.1, 0.15) is 28.0 Å². The van der Waals surface area contributed by atoms with E-state index in [0.717, 1.165) is 23.1 Å². The summed E-state index contributed by atoms with van der Waals surface area (Å²) in [4.78, 5) is 23.5. The molecule has 7 heteroatoms. The number of benzene rings is 1. The molecule has 0 radical (unpaired) electrons. The summed E-state index contributed by atoms with van der Waals surface area (Å²) in [6, 6.07) is 10.6. The van der Waals surface area contributed by atoms with Crippen LogP contribution in [0.3, 0.4) is 0 Å². The number of fused-ring (bicyclic) bond motifs is 1. The molecule has 1 aliphatic rings. The zero-order valence-corrected chi connectivity index (χ0v) is 13.7. The van der Waals surface area contributed by atoms with Gasteiger partial charge in [-0.3, -0.25) is 14.9 Å². The van der Waals surface area contributed by atoms with Crippen LogP contribution < -0.4 is 10.9 Å². The number of rotatable bonds is 3. The average molecular weight is 336 g/mol. The number of aromatic nitrogens is 3. The molecule has 0 unspecified atom stereocenters. The Morgan fingerprint density at radius 1 is 1.16 bits per heavy atom. The van der Waals surface area contributed by atoms with E-state index in [2.05, 4.69) is 27.7 Å². The van der Waals surface area contributed by atoms with Gasteiger partial charge in [0.25, 0.3) is 11.5 Å². The van der Waals surface area contributed by atoms with E-state index in [-0.39, 0.29) is 17.1 Å². The highest BCUT2D eigenvalue weighted by molar-refractivity contribution is 6.02. The largest absolute Gasteiger partial charge is 0.338 e. The van der Waals surface area contributed by atoms with Crippen LogP contribution in [0.5, 0.6) is 0 Å². The van der Waals surface area contributed by atoms with Gasteiger partial charge in [0.2, 0.25) is 5.88 Å². The highest BCUT2D eigenvalue weighted by atomic mass is 16.5. The second-order valence-corrected chi connectivity index (χ2v) is 6.05. The van der Waals surface area contributed by atoms with Crippen molar-refractivity contribution in [1.82, 2.24) is 14.9 Å². The molecular weight excluding hydrogens is 320 g/mol. The molecule has 0 saturated carbocycles. The number of hydrogen-bond donors (Lipinski definition) is 1. The molecule has 0 atom stereocenters. The minimum absolute atomic E-state index is 0.123. The van der Waals surface area contributed by atoms with E-state index in [0.29, 0.717) is 5.69 Å². The summed E-state index contributed by atoms with van der Waals surface area (Å²) in [5.41, 5.74) is 4.21. The summed E-state index contributed by atoms with van der Waals surface area (Å²) < 4.78 is 6.31. The summed E-state index contributed by atoms with van der Waals surface area (Å²) in [5, 5.41) is 10.5. The topological polar surface area (TPSA) is 90.0 Å². The van der Waals surface area contributed by atoms with E-state index in [9.17, 15) is 9.59 Å². The van der Waals surface area contributed by atoms with Gasteiger partial charge in [0.1, 0.15) is 11.4 Å². The first kappa shape index (κ1) is 15.3. The third-order valence-corrected chi connectivity index (χ3v) is 4.33. The maximum absolute atomic E-state index is 12.2. The lowest BCUT2D eigenvalue weighted by atomic mass is 10.0. The van der Waals surface area contributed by atoms with Crippen LogP contribution in [0.2, 0.25) is 0 Å². The zero-order valence-electron chi connectivity index (χ0n) is 13.7. The van der Waals surface area contributed by atoms with E-state index in [4.69, 9.17) is 4.52 Å². The van der Waals surface area contributed by atoms with E-state index in [1.54, 1.807) is 6.07 Å². The molecule has 25 heavy (non-hydrogen) atoms. The Hall–Kier alpha value is -3.22. The van der Waals surface area contributed by atoms with Crippen molar-refractivity contribution in [3.63, 3.8) is 0 Å². The van der Waals surface area contributed by atoms with Crippen LogP contribution in [0, 0.1) is 0 Å². The van der Waals surface area contributed by atoms with E-state index in [1.807, 2.05) is 6.07 Å². The number of nitrogens with one attached hydrogen (secondary N) is 1. The fourth-order valence-corrected chi connectivity index (χ4v) is 3.00. The third-order valence-electron chi connectivity index (χ3n) is 4.33. The van der Waals surface area contributed by atoms with Crippen molar-refractivity contribution < 1.29 is 9.32 Å². The molecule has 1 amide bonds. The Labute approximate surface area is 143 Å². The summed E-state index contributed by atoms with van der Waals surface area (Å²) in [5.74, 6) is -0.233. The van der Waals surface area contributed by atoms with Crippen molar-refractivity contribution in [3.8, 4) is 11.3 Å². The number of carbonyl (C=O) groups excluding carboxylic acids is 1. The maximum atomic E-state index is 12.2. The highest BCUT2D eigenvalue weighted by Gasteiger charge is 2.15. The molecular formula is C18H16N4O3. The fraction of sp³-hybridized carbons (Fsp3) is 0.222. The molecule has 1 aromatic carbocycles. The molecule has 0 fully saturated rings. The van der Waals surface area contributed by atoms with Gasteiger partial charge in [-0.15, -0.1) is 0 Å². The number of nitrogens with zero attached hydrogens (tertiary/aromatic N) is 3. The summed E-state index contributed by atoms with van der Waals surface area (Å²) >= 11 is 0. The van der Waals surface area contributed by atoms with Gasteiger partial charge < -0.3 is 4.52 Å². The van der Waals surface area contributed by atoms with Crippen molar-refractivity contribution in [2.45, 2.75) is 19.3 Å². The van der Waals surface area contributed by atoms with Crippen LogP contribution in [0.25, 0.3) is 11.3 Å². The minimum atomic E-state index is -0.466. The van der Waals surface area contributed by atoms with Crippen molar-refractivity contribution >= 4 is 11.8 Å². The molecule has 2 heterocycles. The SMILES string of the molecule is Cn1nc(C(=O)Nc2cc(-c3ccc4c(c3)CCC4)no2)ccc1=O. The Morgan fingerprint density at radius 2 is 2.00 bits per heavy atom. The van der Waals surface area contributed by atoms with E-state index >= 15 is 0 Å². The normalized spacial score (nSPS) is 12.8. The van der Waals surface area contributed by atoms with Crippen molar-refractivity contribution in [2.24, 2.45) is 7.05 Å². The van der Waals surface area contributed by atoms with Gasteiger partial charge in [-0.25, -0.2) is 4.68 Å². The van der Waals surface area contributed by atoms with Gasteiger partial charge in [-0.1, -0.05) is 17.3 Å². The Bertz CT molecular complexity index is 1020. The maximum Gasteiger partial charge on any atom is 0.278 e. The molecule has 126 valence electrons. The summed E-state index contributed by atoms with van der Waals surface area (Å²) in [6.45, 7) is 0. The van der Waals surface area contributed by atoms with Gasteiger partial charge in [-0.05, 0) is 42.5 Å². The Balaban J connectivity index is 1.54. The summed E-state index contributed by atoms with van der Waals surface area (Å²) in [7, 11) is 1.49. The smallest absolute Gasteiger partial charge is 0.278 e. The molecule has 0 bridgehead atoms. The lowest BCUT2D eigenvalue weighted by molar-refractivity contribution is 0.101. The van der Waals surface area contributed by atoms with Crippen LogP contribution in [-0.2, 0) is 19.9 Å². The average Bonchev–Trinajstić information content (AvgIpc) is 3.25. The van der Waals surface area contributed by atoms with Crippen LogP contribution in [0.4, 0.5) is 5.88 Å². The zero-order chi connectivity index (χ0) is 17.4. The predicted molar refractivity (Wildman–Crippen MR) is 91.4 cm³/mol. The number of carbonyl (C=O) groups is 1. The first-order valence-electron chi connectivity index (χ1n) is 8.05. The molecule has 2 aromatic heterocycles. The first-order valence-corrected chi connectivity index (χ1v) is 8.05. The molecule has 4 rings (SSSR count). The molecule has 0 aliphatic heterocycles. The van der Waals surface area contributed by atoms with Gasteiger partial charge in [0.05, 0.1) is 0 Å². The summed E-state index contributed by atoms with van der Waals surface area (Å²) in [6.07, 6.45) is 3.40. The van der Waals surface area contributed by atoms with Crippen molar-refractivity contribution in [2.75, 3.05) is 5.32 Å². The standard InChI is InChI=1S/C18H16N4O3/c1-22-17(23)8-7-14(20-22)18(24)19-16-10-15(21-25-16)13-6-5-11-3-2-4-12(11)9-13/h5-10H,2-4H2,1H3,(H,19,24). The monoisotopic (exact) mass is 336 g/mol. The van der Waals surface area contributed by atoms with Gasteiger partial charge in [0.15, 0.2) is 0 Å². The predicted octanol–water partition coefficient (Wildman–Crippen LogP) is 2.18. The highest BCUT2D eigenvalue weighted by Crippen LogP contribution is 2.28. The minimum Gasteiger partial charge on any atom is -0.338 e. The second kappa shape index (κ2) is 6.01. The molecule has 0 saturated heterocycles. The number of amides is 1. The van der Waals surface area contributed by atoms with E-state index < -0.39 is 5.91 Å². The Morgan fingerprint density at radius 3 is 2.84 bits per heavy atom. The van der Waals surface area contributed by atoms with Gasteiger partial charge in [0, 0.05) is 24.7 Å². The molecule has 1 aliphatic carbocycles. The third kappa shape index (κ3) is 2.96. The van der Waals surface area contributed by atoms with Crippen LogP contribution in [0.15, 0.2) is 45.7 Å². The second-order valence-electron chi connectivity index (χ2n) is 6.05. The fourth-order valence-electron chi connectivity index (χ4n) is 3.00. The molecule has 1 N–H and O–H groups in total. The Kier molecular flexibility index (Phi) is 3.68. The number of aryl methyl sites for hydroxylation is 3. The van der Waals surface area contributed by atoms with Crippen molar-refractivity contribution in [3.05, 3.63) is 63.6 Å². The number of hydrogen-bond acceptors (Lipinski definition) is 5. The van der Waals surface area contributed by atoms with Gasteiger partial charge >= 0.3 is 0 Å². The number of anilines is 1. The molecule has 0 spiro atoms.